The molecular weight excluding hydrogens is 210 g/mol. The molecule has 0 aromatic carbocycles. The summed E-state index contributed by atoms with van der Waals surface area (Å²) in [4.78, 5) is 13.9. The first-order valence-corrected chi connectivity index (χ1v) is 6.80. The Labute approximate surface area is 105 Å². The maximum absolute atomic E-state index is 11.5. The predicted octanol–water partition coefficient (Wildman–Crippen LogP) is 3.34. The number of rotatable bonds is 2. The van der Waals surface area contributed by atoms with Gasteiger partial charge in [-0.1, -0.05) is 31.2 Å². The van der Waals surface area contributed by atoms with E-state index >= 15 is 0 Å². The van der Waals surface area contributed by atoms with E-state index in [1.54, 1.807) is 6.08 Å². The van der Waals surface area contributed by atoms with E-state index < -0.39 is 0 Å². The van der Waals surface area contributed by atoms with Gasteiger partial charge in [0.2, 0.25) is 0 Å². The van der Waals surface area contributed by atoms with Crippen molar-refractivity contribution in [3.8, 4) is 0 Å². The van der Waals surface area contributed by atoms with Crippen LogP contribution in [0.1, 0.15) is 45.4 Å². The van der Waals surface area contributed by atoms with Crippen LogP contribution in [0.4, 0.5) is 0 Å². The monoisotopic (exact) mass is 235 g/mol. The van der Waals surface area contributed by atoms with E-state index in [0.717, 1.165) is 32.4 Å². The molecule has 0 aromatic heterocycles. The minimum absolute atomic E-state index is 0.307. The fraction of sp³-hybridized carbons (Fsp3) is 0.667. The highest BCUT2D eigenvalue weighted by molar-refractivity contribution is 5.84. The lowest BCUT2D eigenvalue weighted by atomic mass is 9.93. The SMILES string of the molecule is C=C/C=C\C.O=C1CCCCC1N1CCCC1. The molecule has 0 N–H and O–H groups in total. The quantitative estimate of drug-likeness (QED) is 0.684. The largest absolute Gasteiger partial charge is 0.298 e. The molecule has 2 nitrogen and oxygen atoms in total. The van der Waals surface area contributed by atoms with Gasteiger partial charge in [-0.3, -0.25) is 9.69 Å². The van der Waals surface area contributed by atoms with Crippen molar-refractivity contribution in [1.29, 1.82) is 0 Å². The highest BCUT2D eigenvalue weighted by atomic mass is 16.1. The summed E-state index contributed by atoms with van der Waals surface area (Å²) in [6, 6.07) is 0.307. The molecule has 1 aliphatic heterocycles. The maximum Gasteiger partial charge on any atom is 0.149 e. The molecule has 0 spiro atoms. The highest BCUT2D eigenvalue weighted by Gasteiger charge is 2.29. The second-order valence-electron chi connectivity index (χ2n) is 4.73. The van der Waals surface area contributed by atoms with Crippen LogP contribution >= 0.6 is 0 Å². The van der Waals surface area contributed by atoms with Crippen LogP contribution in [-0.4, -0.2) is 29.8 Å². The number of likely N-dealkylation sites (tertiary alicyclic amines) is 1. The van der Waals surface area contributed by atoms with E-state index in [1.165, 1.54) is 19.3 Å². The summed E-state index contributed by atoms with van der Waals surface area (Å²) in [6.07, 6.45) is 12.5. The first-order valence-electron chi connectivity index (χ1n) is 6.80. The van der Waals surface area contributed by atoms with Gasteiger partial charge in [-0.15, -0.1) is 0 Å². The fourth-order valence-corrected chi connectivity index (χ4v) is 2.54. The average molecular weight is 235 g/mol. The average Bonchev–Trinajstić information content (AvgIpc) is 2.85. The van der Waals surface area contributed by atoms with Crippen LogP contribution in [0.5, 0.6) is 0 Å². The molecule has 17 heavy (non-hydrogen) atoms. The van der Waals surface area contributed by atoms with Crippen molar-refractivity contribution in [2.75, 3.05) is 13.1 Å². The van der Waals surface area contributed by atoms with E-state index in [9.17, 15) is 4.79 Å². The predicted molar refractivity (Wildman–Crippen MR) is 73.1 cm³/mol. The second kappa shape index (κ2) is 8.24. The Bertz CT molecular complexity index is 264. The third-order valence-corrected chi connectivity index (χ3v) is 3.43. The Morgan fingerprint density at radius 2 is 1.94 bits per heavy atom. The van der Waals surface area contributed by atoms with Gasteiger partial charge < -0.3 is 0 Å². The van der Waals surface area contributed by atoms with Gasteiger partial charge in [-0.25, -0.2) is 0 Å². The standard InChI is InChI=1S/C10H17NO.C5H8/c12-10-6-2-1-5-9(10)11-7-3-4-8-11;1-3-5-4-2/h9H,1-8H2;3-5H,1H2,2H3/b;5-4-. The molecule has 1 saturated heterocycles. The van der Waals surface area contributed by atoms with Crippen LogP contribution in [0.25, 0.3) is 0 Å². The molecule has 2 fully saturated rings. The van der Waals surface area contributed by atoms with Crippen molar-refractivity contribution < 1.29 is 4.79 Å². The smallest absolute Gasteiger partial charge is 0.149 e. The lowest BCUT2D eigenvalue weighted by molar-refractivity contribution is -0.125. The molecule has 1 saturated carbocycles. The van der Waals surface area contributed by atoms with Crippen molar-refractivity contribution in [3.05, 3.63) is 24.8 Å². The van der Waals surface area contributed by atoms with Gasteiger partial charge in [0.1, 0.15) is 5.78 Å². The summed E-state index contributed by atoms with van der Waals surface area (Å²) in [7, 11) is 0. The van der Waals surface area contributed by atoms with Crippen molar-refractivity contribution >= 4 is 5.78 Å². The molecule has 2 heteroatoms. The molecule has 0 amide bonds. The van der Waals surface area contributed by atoms with Gasteiger partial charge in [0.25, 0.3) is 0 Å². The number of Topliss-reactive ketones (excluding diaryl/α,β-unsaturated/α-hetero) is 1. The van der Waals surface area contributed by atoms with Crippen molar-refractivity contribution in [2.45, 2.75) is 51.5 Å². The number of carbonyl (C=O) groups is 1. The summed E-state index contributed by atoms with van der Waals surface area (Å²) in [5.41, 5.74) is 0. The van der Waals surface area contributed by atoms with E-state index in [-0.39, 0.29) is 0 Å². The van der Waals surface area contributed by atoms with E-state index in [2.05, 4.69) is 11.5 Å². The Balaban J connectivity index is 0.000000249. The number of nitrogens with zero attached hydrogens (tertiary/aromatic N) is 1. The molecule has 0 radical (unpaired) electrons. The maximum atomic E-state index is 11.5. The minimum atomic E-state index is 0.307. The number of hydrogen-bond donors (Lipinski definition) is 0. The summed E-state index contributed by atoms with van der Waals surface area (Å²) in [5.74, 6) is 0.503. The van der Waals surface area contributed by atoms with Crippen molar-refractivity contribution in [3.63, 3.8) is 0 Å². The zero-order valence-electron chi connectivity index (χ0n) is 11.0. The number of hydrogen-bond acceptors (Lipinski definition) is 2. The van der Waals surface area contributed by atoms with E-state index in [1.807, 2.05) is 19.1 Å². The summed E-state index contributed by atoms with van der Waals surface area (Å²) in [5, 5.41) is 0. The van der Waals surface area contributed by atoms with Crippen molar-refractivity contribution in [1.82, 2.24) is 4.90 Å². The first-order chi connectivity index (χ1) is 8.29. The van der Waals surface area contributed by atoms with Crippen LogP contribution in [0.3, 0.4) is 0 Å². The fourth-order valence-electron chi connectivity index (χ4n) is 2.54. The summed E-state index contributed by atoms with van der Waals surface area (Å²) in [6.45, 7) is 7.75. The number of carbonyl (C=O) groups excluding carboxylic acids is 1. The molecule has 1 atom stereocenters. The zero-order chi connectivity index (χ0) is 12.5. The Morgan fingerprint density at radius 1 is 1.24 bits per heavy atom. The highest BCUT2D eigenvalue weighted by Crippen LogP contribution is 2.22. The topological polar surface area (TPSA) is 20.3 Å². The molecule has 2 aliphatic rings. The third-order valence-electron chi connectivity index (χ3n) is 3.43. The van der Waals surface area contributed by atoms with Gasteiger partial charge in [0.05, 0.1) is 6.04 Å². The van der Waals surface area contributed by atoms with Gasteiger partial charge in [0, 0.05) is 6.42 Å². The molecule has 1 heterocycles. The van der Waals surface area contributed by atoms with Crippen LogP contribution in [-0.2, 0) is 4.79 Å². The van der Waals surface area contributed by atoms with Gasteiger partial charge in [-0.2, -0.15) is 0 Å². The molecule has 2 rings (SSSR count). The van der Waals surface area contributed by atoms with Crippen LogP contribution in [0.2, 0.25) is 0 Å². The van der Waals surface area contributed by atoms with Crippen molar-refractivity contribution in [2.24, 2.45) is 0 Å². The molecule has 0 aromatic rings. The molecule has 0 bridgehead atoms. The molecule has 1 aliphatic carbocycles. The van der Waals surface area contributed by atoms with E-state index in [0.29, 0.717) is 11.8 Å². The first kappa shape index (κ1) is 14.2. The lowest BCUT2D eigenvalue weighted by Crippen LogP contribution is -2.41. The van der Waals surface area contributed by atoms with Crippen LogP contribution < -0.4 is 0 Å². The number of allylic oxidation sites excluding steroid dienone is 3. The van der Waals surface area contributed by atoms with Gasteiger partial charge >= 0.3 is 0 Å². The van der Waals surface area contributed by atoms with Crippen LogP contribution in [0, 0.1) is 0 Å². The second-order valence-corrected chi connectivity index (χ2v) is 4.73. The summed E-state index contributed by atoms with van der Waals surface area (Å²) < 4.78 is 0. The lowest BCUT2D eigenvalue weighted by Gasteiger charge is -2.29. The number of ketones is 1. The Kier molecular flexibility index (Phi) is 6.87. The molecular formula is C15H25NO. The third kappa shape index (κ3) is 4.86. The van der Waals surface area contributed by atoms with Gasteiger partial charge in [0.15, 0.2) is 0 Å². The van der Waals surface area contributed by atoms with E-state index in [4.69, 9.17) is 0 Å². The normalized spacial score (nSPS) is 25.7. The summed E-state index contributed by atoms with van der Waals surface area (Å²) >= 11 is 0. The Hall–Kier alpha value is -0.890. The Morgan fingerprint density at radius 3 is 2.41 bits per heavy atom. The zero-order valence-corrected chi connectivity index (χ0v) is 11.0. The van der Waals surface area contributed by atoms with Gasteiger partial charge in [-0.05, 0) is 45.7 Å². The van der Waals surface area contributed by atoms with Crippen LogP contribution in [0.15, 0.2) is 24.8 Å². The minimum Gasteiger partial charge on any atom is -0.298 e. The molecule has 96 valence electrons. The molecule has 1 unspecified atom stereocenters.